The standard InChI is InChI=1S/C13H23N3/c1-10(8-13(2,3)4)16-7-6-12-11(9-16)14-15(12)5/h14H,1,6-9H2,2-5H3. The molecule has 1 aromatic heterocycles. The van der Waals surface area contributed by atoms with Gasteiger partial charge in [-0.05, 0) is 11.8 Å². The molecule has 16 heavy (non-hydrogen) atoms. The monoisotopic (exact) mass is 221 g/mol. The van der Waals surface area contributed by atoms with Crippen molar-refractivity contribution in [3.8, 4) is 0 Å². The Morgan fingerprint density at radius 3 is 2.62 bits per heavy atom. The summed E-state index contributed by atoms with van der Waals surface area (Å²) in [7, 11) is 2.08. The van der Waals surface area contributed by atoms with Crippen LogP contribution >= 0.6 is 0 Å². The number of H-pyrrole nitrogens is 1. The molecule has 3 nitrogen and oxygen atoms in total. The van der Waals surface area contributed by atoms with Gasteiger partial charge in [-0.1, -0.05) is 27.4 Å². The van der Waals surface area contributed by atoms with Crippen LogP contribution in [0.25, 0.3) is 0 Å². The minimum absolute atomic E-state index is 0.329. The van der Waals surface area contributed by atoms with Crippen LogP contribution in [0.2, 0.25) is 0 Å². The van der Waals surface area contributed by atoms with Gasteiger partial charge in [0.15, 0.2) is 0 Å². The minimum Gasteiger partial charge on any atom is -0.369 e. The van der Waals surface area contributed by atoms with E-state index in [9.17, 15) is 0 Å². The topological polar surface area (TPSA) is 24.0 Å². The zero-order chi connectivity index (χ0) is 11.9. The first-order valence-electron chi connectivity index (χ1n) is 6.02. The first-order chi connectivity index (χ1) is 7.37. The molecule has 0 amide bonds. The molecule has 1 aliphatic rings. The highest BCUT2D eigenvalue weighted by molar-refractivity contribution is 5.19. The largest absolute Gasteiger partial charge is 0.369 e. The Bertz CT molecular complexity index is 390. The van der Waals surface area contributed by atoms with Crippen LogP contribution in [0.5, 0.6) is 0 Å². The average Bonchev–Trinajstić information content (AvgIpc) is 2.12. The highest BCUT2D eigenvalue weighted by Gasteiger charge is 2.24. The van der Waals surface area contributed by atoms with Crippen LogP contribution in [0.3, 0.4) is 0 Å². The Balaban J connectivity index is 1.97. The summed E-state index contributed by atoms with van der Waals surface area (Å²) >= 11 is 0. The first-order valence-corrected chi connectivity index (χ1v) is 6.02. The van der Waals surface area contributed by atoms with Gasteiger partial charge in [0.05, 0.1) is 17.9 Å². The van der Waals surface area contributed by atoms with Crippen LogP contribution in [0.4, 0.5) is 0 Å². The van der Waals surface area contributed by atoms with Crippen LogP contribution in [-0.4, -0.2) is 21.2 Å². The summed E-state index contributed by atoms with van der Waals surface area (Å²) in [5.41, 5.74) is 4.45. The van der Waals surface area contributed by atoms with E-state index in [1.807, 2.05) is 0 Å². The van der Waals surface area contributed by atoms with Crippen LogP contribution < -0.4 is 0 Å². The van der Waals surface area contributed by atoms with Gasteiger partial charge in [0.2, 0.25) is 0 Å². The molecule has 0 spiro atoms. The zero-order valence-electron chi connectivity index (χ0n) is 10.9. The van der Waals surface area contributed by atoms with Gasteiger partial charge in [-0.3, -0.25) is 9.78 Å². The van der Waals surface area contributed by atoms with Gasteiger partial charge in [0.25, 0.3) is 0 Å². The molecule has 0 unspecified atom stereocenters. The van der Waals surface area contributed by atoms with Crippen LogP contribution in [-0.2, 0) is 20.0 Å². The number of aromatic nitrogens is 2. The number of nitrogens with zero attached hydrogens (tertiary/aromatic N) is 2. The highest BCUT2D eigenvalue weighted by atomic mass is 15.3. The molecule has 1 N–H and O–H groups in total. The summed E-state index contributed by atoms with van der Waals surface area (Å²) < 4.78 is 2.12. The fourth-order valence-electron chi connectivity index (χ4n) is 2.43. The Morgan fingerprint density at radius 2 is 2.12 bits per heavy atom. The van der Waals surface area contributed by atoms with E-state index in [1.54, 1.807) is 0 Å². The summed E-state index contributed by atoms with van der Waals surface area (Å²) in [4.78, 5) is 2.41. The molecule has 0 saturated carbocycles. The van der Waals surface area contributed by atoms with Crippen molar-refractivity contribution in [3.63, 3.8) is 0 Å². The number of nitrogens with one attached hydrogen (secondary N) is 1. The third-order valence-electron chi connectivity index (χ3n) is 3.20. The number of aryl methyl sites for hydroxylation is 1. The molecular formula is C13H23N3. The van der Waals surface area contributed by atoms with Gasteiger partial charge < -0.3 is 4.90 Å². The fourth-order valence-corrected chi connectivity index (χ4v) is 2.43. The lowest BCUT2D eigenvalue weighted by Crippen LogP contribution is -2.36. The van der Waals surface area contributed by atoms with Crippen molar-refractivity contribution in [2.45, 2.75) is 40.2 Å². The van der Waals surface area contributed by atoms with E-state index < -0.39 is 0 Å². The Kier molecular flexibility index (Phi) is 2.64. The molecular weight excluding hydrogens is 198 g/mol. The third-order valence-corrected chi connectivity index (χ3v) is 3.20. The Morgan fingerprint density at radius 1 is 1.44 bits per heavy atom. The number of aromatic amines is 1. The van der Waals surface area contributed by atoms with Crippen molar-refractivity contribution < 1.29 is 0 Å². The fraction of sp³-hybridized carbons (Fsp3) is 0.692. The van der Waals surface area contributed by atoms with Crippen molar-refractivity contribution in [1.82, 2.24) is 14.7 Å². The molecule has 2 heterocycles. The number of rotatable bonds is 2. The quantitative estimate of drug-likeness (QED) is 0.815. The maximum absolute atomic E-state index is 4.23. The average molecular weight is 221 g/mol. The lowest BCUT2D eigenvalue weighted by molar-refractivity contribution is 0.254. The lowest BCUT2D eigenvalue weighted by atomic mass is 9.90. The van der Waals surface area contributed by atoms with Crippen molar-refractivity contribution in [3.05, 3.63) is 23.7 Å². The second kappa shape index (κ2) is 3.72. The van der Waals surface area contributed by atoms with Crippen molar-refractivity contribution in [1.29, 1.82) is 0 Å². The summed E-state index contributed by atoms with van der Waals surface area (Å²) in [6.07, 6.45) is 2.22. The number of hydrogen-bond donors (Lipinski definition) is 1. The number of hydrogen-bond acceptors (Lipinski definition) is 1. The maximum atomic E-state index is 4.23. The molecule has 3 heteroatoms. The van der Waals surface area contributed by atoms with E-state index in [2.05, 4.69) is 49.1 Å². The molecule has 0 aromatic carbocycles. The molecule has 0 fully saturated rings. The predicted octanol–water partition coefficient (Wildman–Crippen LogP) is 2.66. The van der Waals surface area contributed by atoms with E-state index >= 15 is 0 Å². The van der Waals surface area contributed by atoms with Crippen molar-refractivity contribution in [2.24, 2.45) is 12.5 Å². The minimum atomic E-state index is 0.329. The lowest BCUT2D eigenvalue weighted by Gasteiger charge is -2.37. The van der Waals surface area contributed by atoms with Gasteiger partial charge in [0, 0.05) is 25.7 Å². The van der Waals surface area contributed by atoms with Crippen LogP contribution in [0.1, 0.15) is 38.6 Å². The number of fused-ring (bicyclic) bond motifs is 1. The summed E-state index contributed by atoms with van der Waals surface area (Å²) in [5, 5.41) is 3.32. The second-order valence-electron chi connectivity index (χ2n) is 6.07. The van der Waals surface area contributed by atoms with E-state index in [1.165, 1.54) is 17.1 Å². The molecule has 0 atom stereocenters. The highest BCUT2D eigenvalue weighted by Crippen LogP contribution is 2.28. The molecule has 1 aromatic rings. The smallest absolute Gasteiger partial charge is 0.0719 e. The van der Waals surface area contributed by atoms with E-state index in [0.717, 1.165) is 25.9 Å². The Hall–Kier alpha value is -1.12. The van der Waals surface area contributed by atoms with Gasteiger partial charge >= 0.3 is 0 Å². The zero-order valence-corrected chi connectivity index (χ0v) is 10.9. The van der Waals surface area contributed by atoms with Crippen LogP contribution in [0.15, 0.2) is 12.3 Å². The van der Waals surface area contributed by atoms with Crippen molar-refractivity contribution >= 4 is 0 Å². The predicted molar refractivity (Wildman–Crippen MR) is 67.1 cm³/mol. The molecule has 0 aliphatic carbocycles. The summed E-state index contributed by atoms with van der Waals surface area (Å²) in [6.45, 7) is 13.1. The number of allylic oxidation sites excluding steroid dienone is 1. The van der Waals surface area contributed by atoms with E-state index in [0.29, 0.717) is 5.41 Å². The van der Waals surface area contributed by atoms with Crippen LogP contribution in [0, 0.1) is 5.41 Å². The summed E-state index contributed by atoms with van der Waals surface area (Å²) in [5.74, 6) is 0. The normalized spacial score (nSPS) is 16.4. The van der Waals surface area contributed by atoms with Gasteiger partial charge in [-0.2, -0.15) is 0 Å². The SMILES string of the molecule is C=C(CC(C)(C)C)N1CCc2c([nH]n2C)C1. The Labute approximate surface area is 98.1 Å². The van der Waals surface area contributed by atoms with Gasteiger partial charge in [-0.25, -0.2) is 0 Å². The second-order valence-corrected chi connectivity index (χ2v) is 6.07. The van der Waals surface area contributed by atoms with E-state index in [-0.39, 0.29) is 0 Å². The molecule has 0 bridgehead atoms. The molecule has 90 valence electrons. The first kappa shape index (κ1) is 11.4. The molecule has 0 saturated heterocycles. The van der Waals surface area contributed by atoms with E-state index in [4.69, 9.17) is 0 Å². The maximum Gasteiger partial charge on any atom is 0.0719 e. The van der Waals surface area contributed by atoms with Gasteiger partial charge in [0.1, 0.15) is 0 Å². The third kappa shape index (κ3) is 2.18. The summed E-state index contributed by atoms with van der Waals surface area (Å²) in [6, 6.07) is 0. The van der Waals surface area contributed by atoms with Gasteiger partial charge in [-0.15, -0.1) is 0 Å². The molecule has 2 rings (SSSR count). The van der Waals surface area contributed by atoms with Crippen molar-refractivity contribution in [2.75, 3.05) is 6.54 Å². The molecule has 0 radical (unpaired) electrons. The molecule has 1 aliphatic heterocycles.